The number of phenolic OH excluding ortho intramolecular Hbond substituents is 1. The normalized spacial score (nSPS) is 15.5. The first-order chi connectivity index (χ1) is 22.2. The summed E-state index contributed by atoms with van der Waals surface area (Å²) in [6, 6.07) is 17.3. The zero-order chi connectivity index (χ0) is 32.6. The number of aromatic nitrogens is 2. The van der Waals surface area contributed by atoms with Crippen molar-refractivity contribution < 1.29 is 29.3 Å². The molecular weight excluding hydrogens is 608 g/mol. The molecule has 1 aliphatic heterocycles. The molecule has 46 heavy (non-hydrogen) atoms. The lowest BCUT2D eigenvalue weighted by Gasteiger charge is -2.29. The lowest BCUT2D eigenvalue weighted by atomic mass is 9.94. The summed E-state index contributed by atoms with van der Waals surface area (Å²) in [4.78, 5) is 36.0. The average molecular weight is 643 g/mol. The number of halogens is 1. The second-order valence-corrected chi connectivity index (χ2v) is 12.0. The maximum Gasteiger partial charge on any atom is 0.274 e. The van der Waals surface area contributed by atoms with Gasteiger partial charge in [-0.1, -0.05) is 19.1 Å². The molecule has 3 aromatic carbocycles. The van der Waals surface area contributed by atoms with Gasteiger partial charge >= 0.3 is 0 Å². The summed E-state index contributed by atoms with van der Waals surface area (Å²) < 4.78 is 11.7. The van der Waals surface area contributed by atoms with Crippen molar-refractivity contribution in [1.82, 2.24) is 9.97 Å². The van der Waals surface area contributed by atoms with E-state index < -0.39 is 5.60 Å². The molecule has 0 bridgehead atoms. The SMILES string of the molecule is CCC(C)(CCO)Oc1ccc(C(=O)Nc2cc3cc(C(=O)N4CC(CCl)c5c4cc(O)c4cccc(OC)c54)[nH]c3cn2)cc1. The van der Waals surface area contributed by atoms with Crippen molar-refractivity contribution in [2.45, 2.75) is 38.2 Å². The van der Waals surface area contributed by atoms with E-state index in [1.807, 2.05) is 32.0 Å². The number of nitrogens with zero attached hydrogens (tertiary/aromatic N) is 2. The van der Waals surface area contributed by atoms with Crippen molar-refractivity contribution in [3.63, 3.8) is 0 Å². The Kier molecular flexibility index (Phi) is 8.50. The highest BCUT2D eigenvalue weighted by atomic mass is 35.5. The second-order valence-electron chi connectivity index (χ2n) is 11.7. The maximum atomic E-state index is 13.9. The van der Waals surface area contributed by atoms with Crippen molar-refractivity contribution in [3.8, 4) is 17.2 Å². The molecule has 2 amide bonds. The molecule has 1 aliphatic rings. The van der Waals surface area contributed by atoms with E-state index in [1.54, 1.807) is 60.7 Å². The van der Waals surface area contributed by atoms with E-state index in [-0.39, 0.29) is 36.0 Å². The van der Waals surface area contributed by atoms with Crippen LogP contribution in [0, 0.1) is 0 Å². The number of H-pyrrole nitrogens is 1. The van der Waals surface area contributed by atoms with Crippen LogP contribution in [0.4, 0.5) is 11.5 Å². The number of fused-ring (bicyclic) bond motifs is 4. The number of benzene rings is 3. The van der Waals surface area contributed by atoms with Gasteiger partial charge in [-0.25, -0.2) is 4.98 Å². The molecule has 10 nitrogen and oxygen atoms in total. The first-order valence-electron chi connectivity index (χ1n) is 15.1. The van der Waals surface area contributed by atoms with E-state index in [4.69, 9.17) is 21.1 Å². The number of rotatable bonds is 10. The van der Waals surface area contributed by atoms with E-state index in [0.29, 0.717) is 63.5 Å². The molecule has 5 aromatic rings. The van der Waals surface area contributed by atoms with Gasteiger partial charge in [0.1, 0.15) is 34.4 Å². The Morgan fingerprint density at radius 3 is 2.65 bits per heavy atom. The zero-order valence-electron chi connectivity index (χ0n) is 25.8. The molecule has 2 atom stereocenters. The number of alkyl halides is 1. The van der Waals surface area contributed by atoms with Gasteiger partial charge in [-0.2, -0.15) is 0 Å². The number of phenols is 1. The molecule has 2 aromatic heterocycles. The molecule has 0 saturated carbocycles. The Balaban J connectivity index is 1.22. The number of methoxy groups -OCH3 is 1. The van der Waals surface area contributed by atoms with E-state index in [9.17, 15) is 19.8 Å². The van der Waals surface area contributed by atoms with Crippen molar-refractivity contribution in [2.24, 2.45) is 0 Å². The number of carbonyl (C=O) groups is 2. The highest BCUT2D eigenvalue weighted by molar-refractivity contribution is 6.19. The number of aliphatic hydroxyl groups is 1. The summed E-state index contributed by atoms with van der Waals surface area (Å²) in [5, 5.41) is 25.1. The summed E-state index contributed by atoms with van der Waals surface area (Å²) in [7, 11) is 1.57. The molecule has 2 unspecified atom stereocenters. The average Bonchev–Trinajstić information content (AvgIpc) is 3.66. The lowest BCUT2D eigenvalue weighted by molar-refractivity contribution is 0.0550. The van der Waals surface area contributed by atoms with Crippen LogP contribution in [0.1, 0.15) is 59.0 Å². The molecule has 4 N–H and O–H groups in total. The minimum Gasteiger partial charge on any atom is -0.507 e. The number of hydrogen-bond donors (Lipinski definition) is 4. The monoisotopic (exact) mass is 642 g/mol. The summed E-state index contributed by atoms with van der Waals surface area (Å²) in [5.41, 5.74) is 2.33. The third-order valence-electron chi connectivity index (χ3n) is 8.72. The molecule has 238 valence electrons. The number of carbonyl (C=O) groups excluding carboxylic acids is 2. The van der Waals surface area contributed by atoms with Crippen LogP contribution in [0.3, 0.4) is 0 Å². The zero-order valence-corrected chi connectivity index (χ0v) is 26.5. The number of ether oxygens (including phenoxy) is 2. The predicted molar refractivity (Wildman–Crippen MR) is 179 cm³/mol. The minimum atomic E-state index is -0.498. The molecule has 11 heteroatoms. The van der Waals surface area contributed by atoms with Crippen LogP contribution < -0.4 is 19.7 Å². The van der Waals surface area contributed by atoms with Crippen molar-refractivity contribution in [2.75, 3.05) is 36.4 Å². The van der Waals surface area contributed by atoms with Crippen LogP contribution in [0.25, 0.3) is 21.7 Å². The number of anilines is 2. The first-order valence-corrected chi connectivity index (χ1v) is 15.6. The number of amides is 2. The third kappa shape index (κ3) is 5.70. The second kappa shape index (κ2) is 12.5. The van der Waals surface area contributed by atoms with E-state index in [2.05, 4.69) is 15.3 Å². The fourth-order valence-electron chi connectivity index (χ4n) is 6.01. The Hall–Kier alpha value is -4.80. The molecule has 3 heterocycles. The van der Waals surface area contributed by atoms with Gasteiger partial charge in [-0.3, -0.25) is 9.59 Å². The summed E-state index contributed by atoms with van der Waals surface area (Å²) in [6.07, 6.45) is 2.79. The van der Waals surface area contributed by atoms with Crippen LogP contribution in [0.5, 0.6) is 17.2 Å². The highest BCUT2D eigenvalue weighted by Crippen LogP contribution is 2.48. The van der Waals surface area contributed by atoms with Crippen LogP contribution in [-0.4, -0.2) is 63.7 Å². The van der Waals surface area contributed by atoms with E-state index >= 15 is 0 Å². The molecule has 0 fully saturated rings. The molecular formula is C35H35ClN4O6. The van der Waals surface area contributed by atoms with Gasteiger partial charge < -0.3 is 34.9 Å². The van der Waals surface area contributed by atoms with Crippen LogP contribution in [-0.2, 0) is 0 Å². The Bertz CT molecular complexity index is 1940. The highest BCUT2D eigenvalue weighted by Gasteiger charge is 2.36. The van der Waals surface area contributed by atoms with E-state index in [1.165, 1.54) is 0 Å². The predicted octanol–water partition coefficient (Wildman–Crippen LogP) is 6.60. The lowest BCUT2D eigenvalue weighted by Crippen LogP contribution is -2.32. The van der Waals surface area contributed by atoms with Gasteiger partial charge in [-0.15, -0.1) is 11.6 Å². The van der Waals surface area contributed by atoms with Gasteiger partial charge in [0.05, 0.1) is 24.5 Å². The van der Waals surface area contributed by atoms with Crippen LogP contribution in [0.15, 0.2) is 66.9 Å². The fraction of sp³-hybridized carbons (Fsp3) is 0.286. The quantitative estimate of drug-likeness (QED) is 0.126. The molecule has 0 saturated heterocycles. The largest absolute Gasteiger partial charge is 0.507 e. The Labute approximate surface area is 270 Å². The standard InChI is InChI=1S/C35H35ClN4O6/c1-4-35(2,12-13-41)46-23-10-8-20(9-11-23)33(43)39-30-15-21-14-25(38-26(21)18-37-30)34(44)40-19-22(17-36)31-27(40)16-28(42)24-6-5-7-29(45-3)32(24)31/h5-11,14-16,18,22,38,41-42H,4,12-13,17,19H2,1-3H3,(H,37,39,43). The maximum absolute atomic E-state index is 13.9. The van der Waals surface area contributed by atoms with Crippen molar-refractivity contribution >= 4 is 56.6 Å². The van der Waals surface area contributed by atoms with Gasteiger partial charge in [0.15, 0.2) is 0 Å². The molecule has 6 rings (SSSR count). The first kappa shape index (κ1) is 31.2. The van der Waals surface area contributed by atoms with E-state index in [0.717, 1.165) is 17.4 Å². The summed E-state index contributed by atoms with van der Waals surface area (Å²) in [5.74, 6) is 1.07. The van der Waals surface area contributed by atoms with Crippen LogP contribution >= 0.6 is 11.6 Å². The van der Waals surface area contributed by atoms with Gasteiger partial charge in [0, 0.05) is 59.2 Å². The number of aromatic hydroxyl groups is 1. The van der Waals surface area contributed by atoms with Gasteiger partial charge in [0.25, 0.3) is 11.8 Å². The summed E-state index contributed by atoms with van der Waals surface area (Å²) in [6.45, 7) is 4.30. The minimum absolute atomic E-state index is 0.0251. The topological polar surface area (TPSA) is 137 Å². The molecule has 0 aliphatic carbocycles. The molecule has 0 spiro atoms. The number of aliphatic hydroxyl groups excluding tert-OH is 1. The molecule has 0 radical (unpaired) electrons. The van der Waals surface area contributed by atoms with Crippen LogP contribution in [0.2, 0.25) is 0 Å². The number of nitrogens with one attached hydrogen (secondary N) is 2. The summed E-state index contributed by atoms with van der Waals surface area (Å²) >= 11 is 6.40. The van der Waals surface area contributed by atoms with Gasteiger partial charge in [-0.05, 0) is 61.4 Å². The van der Waals surface area contributed by atoms with Crippen molar-refractivity contribution in [1.29, 1.82) is 0 Å². The number of pyridine rings is 1. The third-order valence-corrected chi connectivity index (χ3v) is 9.09. The number of aromatic amines is 1. The van der Waals surface area contributed by atoms with Crippen molar-refractivity contribution in [3.05, 3.63) is 83.7 Å². The Morgan fingerprint density at radius 2 is 1.96 bits per heavy atom. The van der Waals surface area contributed by atoms with Gasteiger partial charge in [0.2, 0.25) is 0 Å². The Morgan fingerprint density at radius 1 is 1.17 bits per heavy atom. The smallest absolute Gasteiger partial charge is 0.274 e. The number of hydrogen-bond acceptors (Lipinski definition) is 7. The fourth-order valence-corrected chi connectivity index (χ4v) is 6.27.